The van der Waals surface area contributed by atoms with Gasteiger partial charge in [-0.1, -0.05) is 127 Å². The number of rotatable bonds is 6. The lowest BCUT2D eigenvalue weighted by atomic mass is 9.98. The molecule has 0 amide bonds. The van der Waals surface area contributed by atoms with E-state index in [1.165, 1.54) is 5.39 Å². The molecule has 0 aliphatic rings. The van der Waals surface area contributed by atoms with E-state index in [0.717, 1.165) is 61.3 Å². The van der Waals surface area contributed by atoms with Gasteiger partial charge in [0.1, 0.15) is 5.82 Å². The molecule has 230 valence electrons. The second kappa shape index (κ2) is 12.1. The molecular formula is C44H29N5. The molecule has 0 aliphatic heterocycles. The van der Waals surface area contributed by atoms with Crippen molar-refractivity contribution in [3.63, 3.8) is 0 Å². The first-order valence-corrected chi connectivity index (χ1v) is 16.3. The van der Waals surface area contributed by atoms with Crippen LogP contribution in [0.3, 0.4) is 0 Å². The molecule has 0 fully saturated rings. The van der Waals surface area contributed by atoms with E-state index >= 15 is 0 Å². The van der Waals surface area contributed by atoms with Crippen molar-refractivity contribution in [2.45, 2.75) is 0 Å². The van der Waals surface area contributed by atoms with Crippen molar-refractivity contribution in [3.8, 4) is 62.4 Å². The molecular weight excluding hydrogens is 599 g/mol. The van der Waals surface area contributed by atoms with Crippen molar-refractivity contribution in [2.75, 3.05) is 0 Å². The minimum Gasteiger partial charge on any atom is -0.292 e. The van der Waals surface area contributed by atoms with Crippen LogP contribution >= 0.6 is 0 Å². The van der Waals surface area contributed by atoms with Crippen LogP contribution < -0.4 is 0 Å². The molecule has 5 nitrogen and oxygen atoms in total. The molecule has 0 saturated carbocycles. The fraction of sp³-hybridized carbons (Fsp3) is 0. The molecule has 0 bridgehead atoms. The van der Waals surface area contributed by atoms with Crippen molar-refractivity contribution in [3.05, 3.63) is 176 Å². The SMILES string of the molecule is c1ccc(-c2cc(-c3nc(-c4ccccc4)nc(-c4ccc5ccccc5c4)n3)cc(-c3nc4ccccc4n3-c3ccccc3)c2)cc1. The maximum Gasteiger partial charge on any atom is 0.164 e. The van der Waals surface area contributed by atoms with Crippen LogP contribution in [0.15, 0.2) is 176 Å². The zero-order valence-electron chi connectivity index (χ0n) is 26.5. The van der Waals surface area contributed by atoms with Gasteiger partial charge in [-0.2, -0.15) is 0 Å². The van der Waals surface area contributed by atoms with Gasteiger partial charge in [0.25, 0.3) is 0 Å². The van der Waals surface area contributed by atoms with Crippen LogP contribution in [0.5, 0.6) is 0 Å². The fourth-order valence-corrected chi connectivity index (χ4v) is 6.42. The van der Waals surface area contributed by atoms with E-state index in [1.54, 1.807) is 0 Å². The molecule has 2 aromatic heterocycles. The van der Waals surface area contributed by atoms with Crippen LogP contribution in [0.1, 0.15) is 0 Å². The van der Waals surface area contributed by atoms with Gasteiger partial charge in [0.05, 0.1) is 11.0 Å². The van der Waals surface area contributed by atoms with E-state index in [-0.39, 0.29) is 0 Å². The first-order chi connectivity index (χ1) is 24.3. The molecule has 49 heavy (non-hydrogen) atoms. The highest BCUT2D eigenvalue weighted by Gasteiger charge is 2.19. The lowest BCUT2D eigenvalue weighted by Gasteiger charge is -2.14. The number of hydrogen-bond donors (Lipinski definition) is 0. The van der Waals surface area contributed by atoms with Crippen LogP contribution in [0.25, 0.3) is 84.2 Å². The van der Waals surface area contributed by atoms with E-state index in [0.29, 0.717) is 17.5 Å². The molecule has 9 rings (SSSR count). The topological polar surface area (TPSA) is 56.5 Å². The van der Waals surface area contributed by atoms with Crippen molar-refractivity contribution >= 4 is 21.8 Å². The number of nitrogens with zero attached hydrogens (tertiary/aromatic N) is 5. The second-order valence-corrected chi connectivity index (χ2v) is 12.0. The quantitative estimate of drug-likeness (QED) is 0.184. The van der Waals surface area contributed by atoms with E-state index < -0.39 is 0 Å². The van der Waals surface area contributed by atoms with Gasteiger partial charge in [-0.05, 0) is 70.4 Å². The van der Waals surface area contributed by atoms with Gasteiger partial charge in [-0.3, -0.25) is 4.57 Å². The predicted molar refractivity (Wildman–Crippen MR) is 199 cm³/mol. The van der Waals surface area contributed by atoms with Gasteiger partial charge in [0.15, 0.2) is 17.5 Å². The fourth-order valence-electron chi connectivity index (χ4n) is 6.42. The molecule has 9 aromatic rings. The van der Waals surface area contributed by atoms with Gasteiger partial charge in [-0.15, -0.1) is 0 Å². The summed E-state index contributed by atoms with van der Waals surface area (Å²) in [5, 5.41) is 2.31. The van der Waals surface area contributed by atoms with E-state index in [1.807, 2.05) is 48.5 Å². The summed E-state index contributed by atoms with van der Waals surface area (Å²) in [6.45, 7) is 0. The summed E-state index contributed by atoms with van der Waals surface area (Å²) in [5.41, 5.74) is 8.87. The molecule has 2 heterocycles. The highest BCUT2D eigenvalue weighted by atomic mass is 15.1. The molecule has 0 unspecified atom stereocenters. The second-order valence-electron chi connectivity index (χ2n) is 12.0. The van der Waals surface area contributed by atoms with Crippen LogP contribution in [0.4, 0.5) is 0 Å². The summed E-state index contributed by atoms with van der Waals surface area (Å²) in [7, 11) is 0. The Kier molecular flexibility index (Phi) is 7.06. The summed E-state index contributed by atoms with van der Waals surface area (Å²) < 4.78 is 2.23. The largest absolute Gasteiger partial charge is 0.292 e. The van der Waals surface area contributed by atoms with Gasteiger partial charge >= 0.3 is 0 Å². The Morgan fingerprint density at radius 3 is 1.63 bits per heavy atom. The maximum atomic E-state index is 5.20. The van der Waals surface area contributed by atoms with E-state index in [2.05, 4.69) is 132 Å². The first-order valence-electron chi connectivity index (χ1n) is 16.3. The van der Waals surface area contributed by atoms with Crippen LogP contribution in [-0.2, 0) is 0 Å². The summed E-state index contributed by atoms with van der Waals surface area (Å²) in [6, 6.07) is 60.4. The third-order valence-corrected chi connectivity index (χ3v) is 8.81. The number of hydrogen-bond acceptors (Lipinski definition) is 4. The maximum absolute atomic E-state index is 5.20. The lowest BCUT2D eigenvalue weighted by Crippen LogP contribution is -2.01. The first kappa shape index (κ1) is 28.5. The predicted octanol–water partition coefficient (Wildman–Crippen LogP) is 10.7. The average Bonchev–Trinajstić information content (AvgIpc) is 3.58. The third-order valence-electron chi connectivity index (χ3n) is 8.81. The van der Waals surface area contributed by atoms with Crippen molar-refractivity contribution in [1.29, 1.82) is 0 Å². The average molecular weight is 628 g/mol. The van der Waals surface area contributed by atoms with E-state index in [4.69, 9.17) is 19.9 Å². The smallest absolute Gasteiger partial charge is 0.164 e. The van der Waals surface area contributed by atoms with Crippen molar-refractivity contribution < 1.29 is 0 Å². The van der Waals surface area contributed by atoms with Crippen LogP contribution in [0.2, 0.25) is 0 Å². The molecule has 7 aromatic carbocycles. The molecule has 0 radical (unpaired) electrons. The van der Waals surface area contributed by atoms with Gasteiger partial charge < -0.3 is 0 Å². The standard InChI is InChI=1S/C44H29N5/c1-4-14-30(15-5-1)35-27-36(29-37(28-35)44-45-39-22-12-13-23-40(39)49(44)38-20-8-3-9-21-38)43-47-41(32-17-6-2-7-18-32)46-42(48-43)34-25-24-31-16-10-11-19-33(31)26-34/h1-29H. The molecule has 5 heteroatoms. The van der Waals surface area contributed by atoms with Crippen molar-refractivity contribution in [2.24, 2.45) is 0 Å². The van der Waals surface area contributed by atoms with E-state index in [9.17, 15) is 0 Å². The number of benzene rings is 7. The van der Waals surface area contributed by atoms with Crippen LogP contribution in [0, 0.1) is 0 Å². The summed E-state index contributed by atoms with van der Waals surface area (Å²) in [4.78, 5) is 20.5. The molecule has 0 aliphatic carbocycles. The molecule has 0 atom stereocenters. The van der Waals surface area contributed by atoms with Crippen LogP contribution in [-0.4, -0.2) is 24.5 Å². The van der Waals surface area contributed by atoms with Gasteiger partial charge in [0, 0.05) is 27.9 Å². The Labute approximate surface area is 283 Å². The minimum absolute atomic E-state index is 0.596. The number of imidazole rings is 1. The number of para-hydroxylation sites is 3. The van der Waals surface area contributed by atoms with Gasteiger partial charge in [0.2, 0.25) is 0 Å². The Morgan fingerprint density at radius 1 is 0.327 bits per heavy atom. The number of aromatic nitrogens is 5. The third kappa shape index (κ3) is 5.43. The molecule has 0 saturated heterocycles. The monoisotopic (exact) mass is 627 g/mol. The summed E-state index contributed by atoms with van der Waals surface area (Å²) in [6.07, 6.45) is 0. The molecule has 0 N–H and O–H groups in total. The van der Waals surface area contributed by atoms with Crippen molar-refractivity contribution in [1.82, 2.24) is 24.5 Å². The lowest BCUT2D eigenvalue weighted by molar-refractivity contribution is 1.07. The Balaban J connectivity index is 1.30. The summed E-state index contributed by atoms with van der Waals surface area (Å²) in [5.74, 6) is 2.69. The normalized spacial score (nSPS) is 11.3. The number of fused-ring (bicyclic) bond motifs is 2. The Morgan fingerprint density at radius 2 is 0.878 bits per heavy atom. The minimum atomic E-state index is 0.596. The Bertz CT molecular complexity index is 2590. The zero-order chi connectivity index (χ0) is 32.6. The Hall–Kier alpha value is -6.72. The highest BCUT2D eigenvalue weighted by molar-refractivity contribution is 5.88. The molecule has 0 spiro atoms. The van der Waals surface area contributed by atoms with Gasteiger partial charge in [-0.25, -0.2) is 19.9 Å². The summed E-state index contributed by atoms with van der Waals surface area (Å²) >= 11 is 0. The highest BCUT2D eigenvalue weighted by Crippen LogP contribution is 2.36. The zero-order valence-corrected chi connectivity index (χ0v) is 26.5.